The Morgan fingerprint density at radius 1 is 1.30 bits per heavy atom. The van der Waals surface area contributed by atoms with Gasteiger partial charge in [-0.15, -0.1) is 0 Å². The number of carbonyl (C=O) groups is 1. The molecule has 27 heavy (non-hydrogen) atoms. The fourth-order valence-electron chi connectivity index (χ4n) is 3.01. The van der Waals surface area contributed by atoms with Gasteiger partial charge in [0.15, 0.2) is 5.75 Å². The van der Waals surface area contributed by atoms with Crippen LogP contribution in [-0.2, 0) is 4.79 Å². The van der Waals surface area contributed by atoms with E-state index in [1.54, 1.807) is 6.92 Å². The summed E-state index contributed by atoms with van der Waals surface area (Å²) >= 11 is 0. The van der Waals surface area contributed by atoms with Crippen LogP contribution < -0.4 is 15.0 Å². The highest BCUT2D eigenvalue weighted by atomic mass is 19.1. The number of hydrogen-bond acceptors (Lipinski definition) is 5. The van der Waals surface area contributed by atoms with E-state index in [2.05, 4.69) is 5.32 Å². The lowest BCUT2D eigenvalue weighted by Gasteiger charge is -2.19. The van der Waals surface area contributed by atoms with Gasteiger partial charge >= 0.3 is 5.69 Å². The summed E-state index contributed by atoms with van der Waals surface area (Å²) in [6.45, 7) is 2.10. The summed E-state index contributed by atoms with van der Waals surface area (Å²) in [7, 11) is 0. The van der Waals surface area contributed by atoms with E-state index in [4.69, 9.17) is 4.74 Å². The molecule has 3 rings (SSSR count). The maximum absolute atomic E-state index is 14.0. The van der Waals surface area contributed by atoms with Crippen LogP contribution in [0.25, 0.3) is 0 Å². The van der Waals surface area contributed by atoms with E-state index in [-0.39, 0.29) is 30.3 Å². The number of hydrogen-bond donors (Lipinski definition) is 1. The number of nitro benzene ring substituents is 1. The van der Waals surface area contributed by atoms with Gasteiger partial charge in [0.25, 0.3) is 0 Å². The van der Waals surface area contributed by atoms with Gasteiger partial charge in [0.2, 0.25) is 5.91 Å². The number of ether oxygens (including phenoxy) is 1. The quantitative estimate of drug-likeness (QED) is 0.615. The van der Waals surface area contributed by atoms with Gasteiger partial charge in [-0.2, -0.15) is 0 Å². The Labute approximate surface area is 153 Å². The summed E-state index contributed by atoms with van der Waals surface area (Å²) in [6, 6.07) is 6.88. The number of para-hydroxylation sites is 1. The Morgan fingerprint density at radius 2 is 2.00 bits per heavy atom. The minimum absolute atomic E-state index is 0.0787. The molecule has 2 aromatic rings. The van der Waals surface area contributed by atoms with Crippen molar-refractivity contribution in [2.75, 3.05) is 23.4 Å². The number of nitrogens with one attached hydrogen (secondary N) is 1. The third kappa shape index (κ3) is 3.67. The standard InChI is InChI=1S/C18H17F2N3O4/c1-2-27-16-10-11(6-7-15(16)23(25)26)21-14-8-9-22(18(14)24)17-12(19)4-3-5-13(17)20/h3-7,10,14,21H,2,8-9H2,1H3. The summed E-state index contributed by atoms with van der Waals surface area (Å²) in [5.41, 5.74) is -0.112. The number of rotatable bonds is 6. The number of carbonyl (C=O) groups excluding carboxylic acids is 1. The molecule has 0 bridgehead atoms. The molecule has 9 heteroatoms. The molecule has 1 atom stereocenters. The minimum Gasteiger partial charge on any atom is -0.487 e. The van der Waals surface area contributed by atoms with Crippen molar-refractivity contribution >= 4 is 23.0 Å². The first-order valence-electron chi connectivity index (χ1n) is 8.35. The predicted molar refractivity (Wildman–Crippen MR) is 95.0 cm³/mol. The molecule has 0 spiro atoms. The van der Waals surface area contributed by atoms with Crippen LogP contribution >= 0.6 is 0 Å². The van der Waals surface area contributed by atoms with Gasteiger partial charge in [-0.1, -0.05) is 6.07 Å². The van der Waals surface area contributed by atoms with Crippen LogP contribution in [-0.4, -0.2) is 30.0 Å². The Bertz CT molecular complexity index is 871. The van der Waals surface area contributed by atoms with E-state index in [0.29, 0.717) is 12.1 Å². The number of nitro groups is 1. The lowest BCUT2D eigenvalue weighted by molar-refractivity contribution is -0.385. The highest BCUT2D eigenvalue weighted by molar-refractivity contribution is 6.01. The van der Waals surface area contributed by atoms with Crippen LogP contribution in [0.3, 0.4) is 0 Å². The summed E-state index contributed by atoms with van der Waals surface area (Å²) in [6.07, 6.45) is 0.327. The molecule has 1 aliphatic rings. The second-order valence-corrected chi connectivity index (χ2v) is 5.92. The number of benzene rings is 2. The second-order valence-electron chi connectivity index (χ2n) is 5.92. The lowest BCUT2D eigenvalue weighted by Crippen LogP contribution is -2.34. The Morgan fingerprint density at radius 3 is 2.63 bits per heavy atom. The summed E-state index contributed by atoms with van der Waals surface area (Å²) in [4.78, 5) is 24.1. The average molecular weight is 377 g/mol. The molecule has 1 unspecified atom stereocenters. The predicted octanol–water partition coefficient (Wildman–Crippen LogP) is 3.49. The first kappa shape index (κ1) is 18.6. The molecule has 142 valence electrons. The van der Waals surface area contributed by atoms with Crippen molar-refractivity contribution in [1.29, 1.82) is 0 Å². The summed E-state index contributed by atoms with van der Waals surface area (Å²) in [5, 5.41) is 14.0. The average Bonchev–Trinajstić information content (AvgIpc) is 2.96. The van der Waals surface area contributed by atoms with Gasteiger partial charge < -0.3 is 15.0 Å². The zero-order valence-electron chi connectivity index (χ0n) is 14.4. The smallest absolute Gasteiger partial charge is 0.311 e. The van der Waals surface area contributed by atoms with Crippen LogP contribution in [0, 0.1) is 21.7 Å². The molecule has 1 fully saturated rings. The van der Waals surface area contributed by atoms with Gasteiger partial charge in [0, 0.05) is 24.4 Å². The van der Waals surface area contributed by atoms with E-state index in [1.165, 1.54) is 24.3 Å². The third-order valence-corrected chi connectivity index (χ3v) is 4.21. The van der Waals surface area contributed by atoms with Crippen molar-refractivity contribution in [2.24, 2.45) is 0 Å². The molecule has 2 aromatic carbocycles. The van der Waals surface area contributed by atoms with Crippen molar-refractivity contribution < 1.29 is 23.2 Å². The first-order chi connectivity index (χ1) is 12.9. The maximum Gasteiger partial charge on any atom is 0.311 e. The molecule has 1 aliphatic heterocycles. The molecule has 0 aromatic heterocycles. The van der Waals surface area contributed by atoms with Crippen LogP contribution in [0.4, 0.5) is 25.8 Å². The van der Waals surface area contributed by atoms with Crippen LogP contribution in [0.2, 0.25) is 0 Å². The molecule has 1 saturated heterocycles. The van der Waals surface area contributed by atoms with E-state index >= 15 is 0 Å². The maximum atomic E-state index is 14.0. The van der Waals surface area contributed by atoms with Crippen LogP contribution in [0.5, 0.6) is 5.75 Å². The Kier molecular flexibility index (Phi) is 5.20. The highest BCUT2D eigenvalue weighted by Crippen LogP contribution is 2.32. The normalized spacial score (nSPS) is 16.5. The minimum atomic E-state index is -0.807. The topological polar surface area (TPSA) is 84.7 Å². The molecular weight excluding hydrogens is 360 g/mol. The number of halogens is 2. The van der Waals surface area contributed by atoms with E-state index in [0.717, 1.165) is 17.0 Å². The largest absolute Gasteiger partial charge is 0.487 e. The van der Waals surface area contributed by atoms with Gasteiger partial charge in [-0.3, -0.25) is 14.9 Å². The Balaban J connectivity index is 1.80. The summed E-state index contributed by atoms with van der Waals surface area (Å²) < 4.78 is 33.2. The molecule has 0 radical (unpaired) electrons. The Hall–Kier alpha value is -3.23. The highest BCUT2D eigenvalue weighted by Gasteiger charge is 2.35. The monoisotopic (exact) mass is 377 g/mol. The molecular formula is C18H17F2N3O4. The molecule has 0 saturated carbocycles. The zero-order chi connectivity index (χ0) is 19.6. The number of amides is 1. The van der Waals surface area contributed by atoms with E-state index in [1.807, 2.05) is 0 Å². The van der Waals surface area contributed by atoms with E-state index < -0.39 is 28.5 Å². The van der Waals surface area contributed by atoms with E-state index in [9.17, 15) is 23.7 Å². The summed E-state index contributed by atoms with van der Waals surface area (Å²) in [5.74, 6) is -2.01. The van der Waals surface area contributed by atoms with Crippen molar-refractivity contribution in [3.8, 4) is 5.75 Å². The van der Waals surface area contributed by atoms with Crippen LogP contribution in [0.1, 0.15) is 13.3 Å². The van der Waals surface area contributed by atoms with Crippen molar-refractivity contribution in [1.82, 2.24) is 0 Å². The lowest BCUT2D eigenvalue weighted by atomic mass is 10.2. The number of nitrogens with zero attached hydrogens (tertiary/aromatic N) is 2. The van der Waals surface area contributed by atoms with Gasteiger partial charge in [0.05, 0.1) is 11.5 Å². The SMILES string of the molecule is CCOc1cc(NC2CCN(c3c(F)cccc3F)C2=O)ccc1[N+](=O)[O-]. The van der Waals surface area contributed by atoms with Crippen molar-refractivity contribution in [3.63, 3.8) is 0 Å². The molecule has 1 N–H and O–H groups in total. The fourth-order valence-corrected chi connectivity index (χ4v) is 3.01. The van der Waals surface area contributed by atoms with Gasteiger partial charge in [-0.05, 0) is 31.5 Å². The van der Waals surface area contributed by atoms with Crippen LogP contribution in [0.15, 0.2) is 36.4 Å². The first-order valence-corrected chi connectivity index (χ1v) is 8.35. The van der Waals surface area contributed by atoms with Crippen molar-refractivity contribution in [2.45, 2.75) is 19.4 Å². The van der Waals surface area contributed by atoms with Gasteiger partial charge in [0.1, 0.15) is 23.4 Å². The molecule has 1 heterocycles. The van der Waals surface area contributed by atoms with Gasteiger partial charge in [-0.25, -0.2) is 8.78 Å². The molecule has 7 nitrogen and oxygen atoms in total. The fraction of sp³-hybridized carbons (Fsp3) is 0.278. The van der Waals surface area contributed by atoms with Crippen molar-refractivity contribution in [3.05, 3.63) is 58.1 Å². The zero-order valence-corrected chi connectivity index (χ0v) is 14.4. The number of anilines is 2. The third-order valence-electron chi connectivity index (χ3n) is 4.21. The molecule has 1 amide bonds. The molecule has 0 aliphatic carbocycles. The second kappa shape index (κ2) is 7.56.